The highest BCUT2D eigenvalue weighted by Crippen LogP contribution is 2.46. The van der Waals surface area contributed by atoms with Gasteiger partial charge in [-0.25, -0.2) is 0 Å². The number of amides is 2. The maximum absolute atomic E-state index is 13.2. The summed E-state index contributed by atoms with van der Waals surface area (Å²) in [7, 11) is 1.60. The Balaban J connectivity index is 1.32. The van der Waals surface area contributed by atoms with E-state index in [9.17, 15) is 14.7 Å². The summed E-state index contributed by atoms with van der Waals surface area (Å²) in [4.78, 5) is 26.0. The summed E-state index contributed by atoms with van der Waals surface area (Å²) in [6.45, 7) is 1.34. The first-order valence-corrected chi connectivity index (χ1v) is 12.9. The number of anilines is 1. The molecule has 198 valence electrons. The fourth-order valence-corrected chi connectivity index (χ4v) is 5.58. The van der Waals surface area contributed by atoms with E-state index in [-0.39, 0.29) is 36.9 Å². The molecule has 2 bridgehead atoms. The predicted octanol–water partition coefficient (Wildman–Crippen LogP) is 2.76. The van der Waals surface area contributed by atoms with Crippen molar-refractivity contribution >= 4 is 17.5 Å². The Kier molecular flexibility index (Phi) is 7.93. The van der Waals surface area contributed by atoms with Crippen molar-refractivity contribution in [2.45, 2.75) is 56.5 Å². The topological polar surface area (TPSA) is 115 Å². The SMILES string of the molecule is COc1ccccc1CNC(=O)C[C@@H]1C[C@@H]2c3cc(ccc3OC3CCOCC3)NC(=O)[C@@H]2[C@@H](CO)O1. The molecule has 2 fully saturated rings. The van der Waals surface area contributed by atoms with Gasteiger partial charge in [0.15, 0.2) is 0 Å². The first-order valence-electron chi connectivity index (χ1n) is 12.9. The lowest BCUT2D eigenvalue weighted by molar-refractivity contribution is -0.148. The van der Waals surface area contributed by atoms with E-state index in [1.165, 1.54) is 0 Å². The van der Waals surface area contributed by atoms with E-state index >= 15 is 0 Å². The highest BCUT2D eigenvalue weighted by Gasteiger charge is 2.46. The van der Waals surface area contributed by atoms with Gasteiger partial charge < -0.3 is 34.7 Å². The molecule has 2 amide bonds. The maximum atomic E-state index is 13.2. The fourth-order valence-electron chi connectivity index (χ4n) is 5.58. The van der Waals surface area contributed by atoms with Gasteiger partial charge in [-0.2, -0.15) is 0 Å². The summed E-state index contributed by atoms with van der Waals surface area (Å²) in [5, 5.41) is 16.0. The second-order valence-electron chi connectivity index (χ2n) is 9.81. The van der Waals surface area contributed by atoms with Crippen molar-refractivity contribution in [2.75, 3.05) is 32.2 Å². The van der Waals surface area contributed by atoms with Crippen molar-refractivity contribution in [3.63, 3.8) is 0 Å². The van der Waals surface area contributed by atoms with E-state index in [0.717, 1.165) is 29.7 Å². The van der Waals surface area contributed by atoms with Crippen LogP contribution in [-0.2, 0) is 25.6 Å². The van der Waals surface area contributed by atoms with Gasteiger partial charge in [0.2, 0.25) is 11.8 Å². The van der Waals surface area contributed by atoms with Gasteiger partial charge in [-0.05, 0) is 30.7 Å². The molecule has 3 heterocycles. The molecule has 0 aromatic heterocycles. The van der Waals surface area contributed by atoms with Crippen LogP contribution in [0.5, 0.6) is 11.5 Å². The first kappa shape index (κ1) is 25.5. The molecule has 0 aliphatic carbocycles. The van der Waals surface area contributed by atoms with Gasteiger partial charge in [0.1, 0.15) is 17.6 Å². The molecule has 0 saturated carbocycles. The van der Waals surface area contributed by atoms with Crippen molar-refractivity contribution in [1.82, 2.24) is 5.32 Å². The first-order chi connectivity index (χ1) is 18.1. The number of aliphatic hydroxyl groups is 1. The molecule has 9 heteroatoms. The number of carbonyl (C=O) groups excluding carboxylic acids is 2. The number of methoxy groups -OCH3 is 1. The average molecular weight is 511 g/mol. The molecule has 0 unspecified atom stereocenters. The minimum Gasteiger partial charge on any atom is -0.496 e. The predicted molar refractivity (Wildman–Crippen MR) is 136 cm³/mol. The lowest BCUT2D eigenvalue weighted by Gasteiger charge is -2.40. The van der Waals surface area contributed by atoms with E-state index in [4.69, 9.17) is 18.9 Å². The second kappa shape index (κ2) is 11.5. The van der Waals surface area contributed by atoms with Gasteiger partial charge in [-0.15, -0.1) is 0 Å². The zero-order valence-electron chi connectivity index (χ0n) is 21.0. The average Bonchev–Trinajstić information content (AvgIpc) is 3.03. The van der Waals surface area contributed by atoms with Crippen LogP contribution in [0.25, 0.3) is 0 Å². The van der Waals surface area contributed by atoms with E-state index in [0.29, 0.717) is 37.6 Å². The van der Waals surface area contributed by atoms with Crippen LogP contribution in [0.15, 0.2) is 42.5 Å². The van der Waals surface area contributed by atoms with Crippen LogP contribution in [-0.4, -0.2) is 62.2 Å². The molecular formula is C28H34N2O7. The molecule has 2 saturated heterocycles. The van der Waals surface area contributed by atoms with Gasteiger partial charge in [-0.1, -0.05) is 18.2 Å². The minimum absolute atomic E-state index is 0.0474. The number of hydrogen-bond donors (Lipinski definition) is 3. The number of fused-ring (bicyclic) bond motifs is 4. The van der Waals surface area contributed by atoms with E-state index in [2.05, 4.69) is 10.6 Å². The summed E-state index contributed by atoms with van der Waals surface area (Å²) in [5.41, 5.74) is 2.48. The third kappa shape index (κ3) is 5.74. The van der Waals surface area contributed by atoms with Gasteiger partial charge in [0.05, 0.1) is 51.5 Å². The quantitative estimate of drug-likeness (QED) is 0.500. The lowest BCUT2D eigenvalue weighted by Crippen LogP contribution is -2.48. The zero-order chi connectivity index (χ0) is 25.8. The molecule has 0 radical (unpaired) electrons. The molecular weight excluding hydrogens is 476 g/mol. The molecule has 3 N–H and O–H groups in total. The van der Waals surface area contributed by atoms with E-state index in [1.54, 1.807) is 7.11 Å². The summed E-state index contributed by atoms with van der Waals surface area (Å²) in [5.74, 6) is 0.240. The smallest absolute Gasteiger partial charge is 0.230 e. The number of aliphatic hydroxyl groups excluding tert-OH is 1. The number of rotatable bonds is 8. The molecule has 5 rings (SSSR count). The highest BCUT2D eigenvalue weighted by atomic mass is 16.5. The van der Waals surface area contributed by atoms with Crippen molar-refractivity contribution in [2.24, 2.45) is 5.92 Å². The Morgan fingerprint density at radius 3 is 2.76 bits per heavy atom. The van der Waals surface area contributed by atoms with Gasteiger partial charge in [-0.3, -0.25) is 9.59 Å². The molecule has 2 aromatic carbocycles. The summed E-state index contributed by atoms with van der Waals surface area (Å²) in [6.07, 6.45) is 1.06. The second-order valence-corrected chi connectivity index (χ2v) is 9.81. The van der Waals surface area contributed by atoms with Crippen molar-refractivity contribution in [3.05, 3.63) is 53.6 Å². The highest BCUT2D eigenvalue weighted by molar-refractivity contribution is 5.95. The third-order valence-corrected chi connectivity index (χ3v) is 7.42. The Bertz CT molecular complexity index is 1120. The van der Waals surface area contributed by atoms with Gasteiger partial charge in [0.25, 0.3) is 0 Å². The molecule has 9 nitrogen and oxygen atoms in total. The summed E-state index contributed by atoms with van der Waals surface area (Å²) < 4.78 is 23.3. The minimum atomic E-state index is -0.726. The lowest BCUT2D eigenvalue weighted by atomic mass is 9.76. The number of para-hydroxylation sites is 1. The van der Waals surface area contributed by atoms with Gasteiger partial charge >= 0.3 is 0 Å². The van der Waals surface area contributed by atoms with Crippen LogP contribution in [0.1, 0.15) is 42.7 Å². The van der Waals surface area contributed by atoms with Crippen LogP contribution >= 0.6 is 0 Å². The molecule has 3 aliphatic rings. The number of nitrogens with one attached hydrogen (secondary N) is 2. The number of benzene rings is 2. The van der Waals surface area contributed by atoms with Crippen LogP contribution in [0.3, 0.4) is 0 Å². The Morgan fingerprint density at radius 1 is 1.16 bits per heavy atom. The third-order valence-electron chi connectivity index (χ3n) is 7.42. The number of hydrogen-bond acceptors (Lipinski definition) is 7. The standard InChI is InChI=1S/C28H34N2O7/c1-34-23-5-3-2-4-17(23)15-29-26(32)14-20-13-22-21-12-18(30-28(33)27(22)25(16-31)37-20)6-7-24(21)36-19-8-10-35-11-9-19/h2-7,12,19-20,22,25,27,31H,8-11,13-16H2,1H3,(H,29,32)(H,30,33)/t20-,22+,25+,27-/m0/s1. The maximum Gasteiger partial charge on any atom is 0.230 e. The van der Waals surface area contributed by atoms with Crippen molar-refractivity contribution in [1.29, 1.82) is 0 Å². The molecule has 37 heavy (non-hydrogen) atoms. The summed E-state index contributed by atoms with van der Waals surface area (Å²) in [6, 6.07) is 13.2. The van der Waals surface area contributed by atoms with Crippen molar-refractivity contribution in [3.8, 4) is 11.5 Å². The van der Waals surface area contributed by atoms with Crippen LogP contribution in [0.4, 0.5) is 5.69 Å². The molecule has 3 aliphatic heterocycles. The van der Waals surface area contributed by atoms with E-state index < -0.39 is 18.1 Å². The molecule has 2 aromatic rings. The Labute approximate surface area is 216 Å². The number of carbonyl (C=O) groups is 2. The molecule has 0 spiro atoms. The summed E-state index contributed by atoms with van der Waals surface area (Å²) >= 11 is 0. The van der Waals surface area contributed by atoms with Crippen molar-refractivity contribution < 1.29 is 33.6 Å². The molecule has 4 atom stereocenters. The van der Waals surface area contributed by atoms with Crippen LogP contribution in [0.2, 0.25) is 0 Å². The normalized spacial score (nSPS) is 25.4. The Hall–Kier alpha value is -3.14. The largest absolute Gasteiger partial charge is 0.496 e. The van der Waals surface area contributed by atoms with Gasteiger partial charge in [0, 0.05) is 42.1 Å². The Morgan fingerprint density at radius 2 is 1.97 bits per heavy atom. The number of ether oxygens (including phenoxy) is 4. The zero-order valence-corrected chi connectivity index (χ0v) is 21.0. The van der Waals surface area contributed by atoms with Crippen LogP contribution in [0, 0.1) is 5.92 Å². The van der Waals surface area contributed by atoms with Crippen LogP contribution < -0.4 is 20.1 Å². The fraction of sp³-hybridized carbons (Fsp3) is 0.500. The monoisotopic (exact) mass is 510 g/mol. The van der Waals surface area contributed by atoms with E-state index in [1.807, 2.05) is 42.5 Å².